The molecular formula is C19H12F5N3O2. The van der Waals surface area contributed by atoms with Crippen molar-refractivity contribution >= 4 is 11.6 Å². The van der Waals surface area contributed by atoms with E-state index < -0.39 is 41.4 Å². The lowest BCUT2D eigenvalue weighted by molar-refractivity contribution is -0.140. The van der Waals surface area contributed by atoms with Crippen LogP contribution in [0.5, 0.6) is 0 Å². The number of hydrogen-bond acceptors (Lipinski definition) is 3. The summed E-state index contributed by atoms with van der Waals surface area (Å²) >= 11 is 0. The van der Waals surface area contributed by atoms with Crippen molar-refractivity contribution in [2.24, 2.45) is 0 Å². The van der Waals surface area contributed by atoms with Crippen molar-refractivity contribution in [1.82, 2.24) is 9.78 Å². The molecule has 0 fully saturated rings. The van der Waals surface area contributed by atoms with E-state index >= 15 is 0 Å². The molecule has 1 amide bonds. The van der Waals surface area contributed by atoms with E-state index in [1.54, 1.807) is 0 Å². The first kappa shape index (κ1) is 20.2. The highest BCUT2D eigenvalue weighted by molar-refractivity contribution is 5.90. The lowest BCUT2D eigenvalue weighted by atomic mass is 10.1. The third kappa shape index (κ3) is 4.84. The molecule has 0 unspecified atom stereocenters. The van der Waals surface area contributed by atoms with E-state index in [1.165, 1.54) is 30.3 Å². The van der Waals surface area contributed by atoms with Gasteiger partial charge in [-0.05, 0) is 48.5 Å². The Morgan fingerprint density at radius 3 is 2.34 bits per heavy atom. The van der Waals surface area contributed by atoms with Gasteiger partial charge in [0.15, 0.2) is 0 Å². The number of nitrogens with zero attached hydrogens (tertiary/aromatic N) is 2. The monoisotopic (exact) mass is 409 g/mol. The molecule has 150 valence electrons. The number of halogens is 5. The average Bonchev–Trinajstić information content (AvgIpc) is 2.65. The highest BCUT2D eigenvalue weighted by atomic mass is 19.4. The molecule has 0 atom stereocenters. The maximum absolute atomic E-state index is 13.3. The third-order valence-electron chi connectivity index (χ3n) is 3.86. The minimum absolute atomic E-state index is 0.286. The second-order valence-electron chi connectivity index (χ2n) is 5.96. The van der Waals surface area contributed by atoms with Gasteiger partial charge in [0.2, 0.25) is 5.91 Å². The van der Waals surface area contributed by atoms with Crippen molar-refractivity contribution < 1.29 is 26.7 Å². The van der Waals surface area contributed by atoms with Crippen molar-refractivity contribution in [3.05, 3.63) is 82.1 Å². The Labute approximate surface area is 160 Å². The van der Waals surface area contributed by atoms with E-state index in [9.17, 15) is 31.5 Å². The second kappa shape index (κ2) is 7.82. The predicted molar refractivity (Wildman–Crippen MR) is 93.9 cm³/mol. The number of amides is 1. The van der Waals surface area contributed by atoms with E-state index in [2.05, 4.69) is 10.4 Å². The molecule has 0 aliphatic rings. The van der Waals surface area contributed by atoms with Crippen LogP contribution in [0.15, 0.2) is 59.4 Å². The van der Waals surface area contributed by atoms with Gasteiger partial charge in [0, 0.05) is 17.3 Å². The van der Waals surface area contributed by atoms with Crippen LogP contribution in [-0.4, -0.2) is 15.7 Å². The molecule has 3 aromatic rings. The minimum atomic E-state index is -4.92. The lowest BCUT2D eigenvalue weighted by Crippen LogP contribution is -2.29. The van der Waals surface area contributed by atoms with E-state index in [0.29, 0.717) is 23.4 Å². The average molecular weight is 409 g/mol. The van der Waals surface area contributed by atoms with Gasteiger partial charge in [0.1, 0.15) is 18.2 Å². The topological polar surface area (TPSA) is 64.0 Å². The van der Waals surface area contributed by atoms with Gasteiger partial charge in [-0.3, -0.25) is 9.59 Å². The van der Waals surface area contributed by atoms with Gasteiger partial charge in [-0.1, -0.05) is 0 Å². The minimum Gasteiger partial charge on any atom is -0.324 e. The van der Waals surface area contributed by atoms with Crippen LogP contribution >= 0.6 is 0 Å². The smallest absolute Gasteiger partial charge is 0.324 e. The summed E-state index contributed by atoms with van der Waals surface area (Å²) in [6.07, 6.45) is -4.92. The predicted octanol–water partition coefficient (Wildman–Crippen LogP) is 3.85. The summed E-state index contributed by atoms with van der Waals surface area (Å²) in [5.41, 5.74) is -1.65. The normalized spacial score (nSPS) is 11.3. The summed E-state index contributed by atoms with van der Waals surface area (Å²) in [5, 5.41) is 6.17. The summed E-state index contributed by atoms with van der Waals surface area (Å²) in [6.45, 7) is -0.591. The van der Waals surface area contributed by atoms with Crippen LogP contribution in [-0.2, 0) is 17.5 Å². The standard InChI is InChI=1S/C19H12F5N3O2/c20-12-3-1-11(2-4-12)16-7-8-18(29)27(26-16)10-17(28)25-13-5-6-15(21)14(9-13)19(22,23)24/h1-9H,10H2,(H,25,28). The molecule has 1 aromatic heterocycles. The van der Waals surface area contributed by atoms with Gasteiger partial charge in [-0.15, -0.1) is 0 Å². The highest BCUT2D eigenvalue weighted by Gasteiger charge is 2.34. The molecule has 3 rings (SSSR count). The Morgan fingerprint density at radius 2 is 1.69 bits per heavy atom. The summed E-state index contributed by atoms with van der Waals surface area (Å²) in [6, 6.07) is 9.81. The van der Waals surface area contributed by atoms with Crippen molar-refractivity contribution in [2.45, 2.75) is 12.7 Å². The van der Waals surface area contributed by atoms with Crippen molar-refractivity contribution in [1.29, 1.82) is 0 Å². The van der Waals surface area contributed by atoms with Crippen LogP contribution in [0.3, 0.4) is 0 Å². The van der Waals surface area contributed by atoms with E-state index in [-0.39, 0.29) is 5.69 Å². The number of nitrogens with one attached hydrogen (secondary N) is 1. The Morgan fingerprint density at radius 1 is 1.00 bits per heavy atom. The maximum atomic E-state index is 13.3. The molecule has 5 nitrogen and oxygen atoms in total. The molecule has 29 heavy (non-hydrogen) atoms. The molecule has 1 heterocycles. The Kier molecular flexibility index (Phi) is 5.44. The number of hydrogen-bond donors (Lipinski definition) is 1. The van der Waals surface area contributed by atoms with Gasteiger partial charge >= 0.3 is 6.18 Å². The quantitative estimate of drug-likeness (QED) is 0.666. The van der Waals surface area contributed by atoms with Crippen LogP contribution in [0.4, 0.5) is 27.6 Å². The molecule has 0 radical (unpaired) electrons. The third-order valence-corrected chi connectivity index (χ3v) is 3.86. The zero-order chi connectivity index (χ0) is 21.2. The second-order valence-corrected chi connectivity index (χ2v) is 5.96. The molecule has 0 saturated carbocycles. The fourth-order valence-electron chi connectivity index (χ4n) is 2.49. The van der Waals surface area contributed by atoms with Crippen molar-refractivity contribution in [3.8, 4) is 11.3 Å². The van der Waals surface area contributed by atoms with E-state index in [0.717, 1.165) is 16.8 Å². The van der Waals surface area contributed by atoms with E-state index in [4.69, 9.17) is 0 Å². The fourth-order valence-corrected chi connectivity index (χ4v) is 2.49. The SMILES string of the molecule is O=C(Cn1nc(-c2ccc(F)cc2)ccc1=O)Nc1ccc(F)c(C(F)(F)F)c1. The van der Waals surface area contributed by atoms with E-state index in [1.807, 2.05) is 0 Å². The summed E-state index contributed by atoms with van der Waals surface area (Å²) in [5.74, 6) is -2.77. The number of alkyl halides is 3. The lowest BCUT2D eigenvalue weighted by Gasteiger charge is -2.11. The zero-order valence-electron chi connectivity index (χ0n) is 14.5. The number of benzene rings is 2. The van der Waals surface area contributed by atoms with Gasteiger partial charge in [0.25, 0.3) is 5.56 Å². The first-order valence-electron chi connectivity index (χ1n) is 8.14. The summed E-state index contributed by atoms with van der Waals surface area (Å²) in [4.78, 5) is 24.1. The van der Waals surface area contributed by atoms with Crippen LogP contribution in [0, 0.1) is 11.6 Å². The number of carbonyl (C=O) groups is 1. The molecule has 0 aliphatic heterocycles. The Bertz CT molecular complexity index is 1110. The van der Waals surface area contributed by atoms with Crippen LogP contribution in [0.25, 0.3) is 11.3 Å². The summed E-state index contributed by atoms with van der Waals surface area (Å²) in [7, 11) is 0. The number of anilines is 1. The highest BCUT2D eigenvalue weighted by Crippen LogP contribution is 2.33. The van der Waals surface area contributed by atoms with Crippen molar-refractivity contribution in [2.75, 3.05) is 5.32 Å². The first-order valence-corrected chi connectivity index (χ1v) is 8.14. The Balaban J connectivity index is 1.80. The molecule has 10 heteroatoms. The summed E-state index contributed by atoms with van der Waals surface area (Å²) < 4.78 is 65.5. The number of aromatic nitrogens is 2. The molecular weight excluding hydrogens is 397 g/mol. The number of carbonyl (C=O) groups excluding carboxylic acids is 1. The molecule has 1 N–H and O–H groups in total. The molecule has 0 saturated heterocycles. The van der Waals surface area contributed by atoms with Gasteiger partial charge < -0.3 is 5.32 Å². The molecule has 0 bridgehead atoms. The zero-order valence-corrected chi connectivity index (χ0v) is 14.5. The number of rotatable bonds is 4. The molecule has 0 aliphatic carbocycles. The van der Waals surface area contributed by atoms with Gasteiger partial charge in [0.05, 0.1) is 11.3 Å². The van der Waals surface area contributed by atoms with Gasteiger partial charge in [-0.2, -0.15) is 18.3 Å². The largest absolute Gasteiger partial charge is 0.419 e. The van der Waals surface area contributed by atoms with Gasteiger partial charge in [-0.25, -0.2) is 13.5 Å². The maximum Gasteiger partial charge on any atom is 0.419 e. The fraction of sp³-hybridized carbons (Fsp3) is 0.105. The van der Waals surface area contributed by atoms with Crippen LogP contribution in [0.2, 0.25) is 0 Å². The van der Waals surface area contributed by atoms with Crippen LogP contribution in [0.1, 0.15) is 5.56 Å². The molecule has 2 aromatic carbocycles. The Hall–Kier alpha value is -3.56. The first-order chi connectivity index (χ1) is 13.6. The molecule has 0 spiro atoms. The van der Waals surface area contributed by atoms with Crippen LogP contribution < -0.4 is 10.9 Å². The van der Waals surface area contributed by atoms with Crippen molar-refractivity contribution in [3.63, 3.8) is 0 Å².